The largest absolute Gasteiger partial charge is 0.397 e. The fourth-order valence-electron chi connectivity index (χ4n) is 0.232. The molecule has 0 aliphatic carbocycles. The third kappa shape index (κ3) is 24.1. The highest BCUT2D eigenvalue weighted by Gasteiger charge is 1.92. The van der Waals surface area contributed by atoms with Crippen molar-refractivity contribution >= 4 is 28.3 Å². The Labute approximate surface area is 72.2 Å². The van der Waals surface area contributed by atoms with Gasteiger partial charge in [-0.2, -0.15) is 0 Å². The second-order valence-electron chi connectivity index (χ2n) is 1.80. The van der Waals surface area contributed by atoms with Crippen molar-refractivity contribution in [2.75, 3.05) is 6.61 Å². The van der Waals surface area contributed by atoms with E-state index in [9.17, 15) is 0 Å². The molecule has 0 aromatic rings. The first kappa shape index (κ1) is 12.8. The van der Waals surface area contributed by atoms with E-state index >= 15 is 0 Å². The van der Waals surface area contributed by atoms with Gasteiger partial charge in [0.15, 0.2) is 0 Å². The van der Waals surface area contributed by atoms with E-state index in [0.717, 1.165) is 0 Å². The molecular formula is C6H15NOS2. The molecule has 0 atom stereocenters. The Morgan fingerprint density at radius 1 is 1.70 bits per heavy atom. The number of aliphatic hydroxyl groups is 1. The molecule has 0 saturated heterocycles. The summed E-state index contributed by atoms with van der Waals surface area (Å²) in [7, 11) is 0. The molecule has 0 aliphatic rings. The molecule has 4 heteroatoms. The van der Waals surface area contributed by atoms with Crippen LogP contribution in [0, 0.1) is 0 Å². The molecular weight excluding hydrogens is 166 g/mol. The fraction of sp³-hybridized carbons (Fsp3) is 0.833. The lowest BCUT2D eigenvalue weighted by Crippen LogP contribution is -2.05. The third-order valence-corrected chi connectivity index (χ3v) is 1.34. The van der Waals surface area contributed by atoms with Gasteiger partial charge in [0.25, 0.3) is 0 Å². The zero-order chi connectivity index (χ0) is 8.57. The van der Waals surface area contributed by atoms with Crippen LogP contribution in [0.5, 0.6) is 0 Å². The monoisotopic (exact) mass is 181 g/mol. The predicted molar refractivity (Wildman–Crippen MR) is 52.3 cm³/mol. The molecule has 0 saturated carbocycles. The maximum atomic E-state index is 7.57. The topological polar surface area (TPSA) is 46.2 Å². The van der Waals surface area contributed by atoms with Crippen molar-refractivity contribution in [1.29, 1.82) is 0 Å². The van der Waals surface area contributed by atoms with E-state index in [1.165, 1.54) is 11.8 Å². The van der Waals surface area contributed by atoms with Crippen molar-refractivity contribution in [3.63, 3.8) is 0 Å². The van der Waals surface area contributed by atoms with Gasteiger partial charge in [0.05, 0.1) is 0 Å². The van der Waals surface area contributed by atoms with Gasteiger partial charge in [-0.1, -0.05) is 37.8 Å². The molecule has 0 radical (unpaired) electrons. The number of hydrogen-bond acceptors (Lipinski definition) is 3. The Morgan fingerprint density at radius 3 is 2.00 bits per heavy atom. The van der Waals surface area contributed by atoms with Crippen molar-refractivity contribution < 1.29 is 5.11 Å². The highest BCUT2D eigenvalue weighted by atomic mass is 32.2. The van der Waals surface area contributed by atoms with Crippen LogP contribution in [-0.2, 0) is 0 Å². The van der Waals surface area contributed by atoms with Gasteiger partial charge in [-0.15, -0.1) is 0 Å². The molecule has 2 nitrogen and oxygen atoms in total. The first-order chi connectivity index (χ1) is 4.54. The normalized spacial score (nSPS) is 8.50. The molecule has 0 aromatic carbocycles. The van der Waals surface area contributed by atoms with Gasteiger partial charge >= 0.3 is 0 Å². The molecule has 0 spiro atoms. The van der Waals surface area contributed by atoms with Crippen LogP contribution in [0.1, 0.15) is 20.8 Å². The maximum Gasteiger partial charge on any atom is 0.131 e. The number of hydrogen-bond donors (Lipinski definition) is 2. The third-order valence-electron chi connectivity index (χ3n) is 0.352. The molecule has 0 rings (SSSR count). The average molecular weight is 181 g/mol. The lowest BCUT2D eigenvalue weighted by atomic mass is 10.6. The summed E-state index contributed by atoms with van der Waals surface area (Å²) in [5, 5.41) is 8.09. The minimum Gasteiger partial charge on any atom is -0.397 e. The van der Waals surface area contributed by atoms with Gasteiger partial charge in [-0.25, -0.2) is 0 Å². The van der Waals surface area contributed by atoms with Crippen LogP contribution < -0.4 is 5.73 Å². The number of nitrogens with two attached hydrogens (primary N) is 1. The molecule has 0 amide bonds. The molecule has 0 aromatic heterocycles. The minimum absolute atomic E-state index is 0.250. The van der Waals surface area contributed by atoms with E-state index in [1.54, 1.807) is 6.92 Å². The standard InChI is InChI=1S/C4H9NS2.C2H6O/c1-3(2)7-4(5)6;1-2-3/h3H,1-2H3,(H2,5,6);3H,2H2,1H3. The Bertz CT molecular complexity index is 85.8. The quantitative estimate of drug-likeness (QED) is 0.600. The van der Waals surface area contributed by atoms with Gasteiger partial charge in [-0.05, 0) is 6.92 Å². The summed E-state index contributed by atoms with van der Waals surface area (Å²) in [5.41, 5.74) is 5.19. The van der Waals surface area contributed by atoms with Gasteiger partial charge in [0, 0.05) is 11.9 Å². The Morgan fingerprint density at radius 2 is 2.00 bits per heavy atom. The molecule has 0 aliphatic heterocycles. The summed E-state index contributed by atoms with van der Waals surface area (Å²) < 4.78 is 0.537. The van der Waals surface area contributed by atoms with Crippen molar-refractivity contribution in [2.24, 2.45) is 5.73 Å². The average Bonchev–Trinajstić information content (AvgIpc) is 1.62. The molecule has 0 fully saturated rings. The SMILES string of the molecule is CC(C)SC(N)=S.CCO. The molecule has 3 N–H and O–H groups in total. The maximum absolute atomic E-state index is 7.57. The van der Waals surface area contributed by atoms with E-state index in [4.69, 9.17) is 10.8 Å². The van der Waals surface area contributed by atoms with Crippen LogP contribution in [0.3, 0.4) is 0 Å². The second kappa shape index (κ2) is 9.20. The van der Waals surface area contributed by atoms with E-state index in [-0.39, 0.29) is 6.61 Å². The van der Waals surface area contributed by atoms with Gasteiger partial charge in [0.1, 0.15) is 4.32 Å². The zero-order valence-electron chi connectivity index (χ0n) is 6.63. The van der Waals surface area contributed by atoms with E-state index in [2.05, 4.69) is 26.1 Å². The van der Waals surface area contributed by atoms with Crippen LogP contribution in [0.4, 0.5) is 0 Å². The van der Waals surface area contributed by atoms with Crippen LogP contribution in [0.15, 0.2) is 0 Å². The highest BCUT2D eigenvalue weighted by Crippen LogP contribution is 2.07. The fourth-order valence-corrected chi connectivity index (χ4v) is 1.27. The van der Waals surface area contributed by atoms with Gasteiger partial charge in [-0.3, -0.25) is 0 Å². The van der Waals surface area contributed by atoms with E-state index < -0.39 is 0 Å². The molecule has 62 valence electrons. The van der Waals surface area contributed by atoms with Crippen molar-refractivity contribution in [1.82, 2.24) is 0 Å². The van der Waals surface area contributed by atoms with Crippen LogP contribution in [0.25, 0.3) is 0 Å². The summed E-state index contributed by atoms with van der Waals surface area (Å²) in [6.07, 6.45) is 0. The Kier molecular flexibility index (Phi) is 11.8. The van der Waals surface area contributed by atoms with Gasteiger partial charge in [0.2, 0.25) is 0 Å². The van der Waals surface area contributed by atoms with Crippen molar-refractivity contribution in [3.05, 3.63) is 0 Å². The zero-order valence-corrected chi connectivity index (χ0v) is 8.26. The Balaban J connectivity index is 0. The van der Waals surface area contributed by atoms with Gasteiger partial charge < -0.3 is 10.8 Å². The van der Waals surface area contributed by atoms with E-state index in [0.29, 0.717) is 9.57 Å². The second-order valence-corrected chi connectivity index (χ2v) is 4.12. The first-order valence-electron chi connectivity index (χ1n) is 3.11. The van der Waals surface area contributed by atoms with Crippen molar-refractivity contribution in [3.8, 4) is 0 Å². The smallest absolute Gasteiger partial charge is 0.131 e. The van der Waals surface area contributed by atoms with E-state index in [1.807, 2.05) is 0 Å². The number of aliphatic hydroxyl groups excluding tert-OH is 1. The number of thiocarbonyl (C=S) groups is 1. The summed E-state index contributed by atoms with van der Waals surface area (Å²) in [5.74, 6) is 0. The van der Waals surface area contributed by atoms with Crippen LogP contribution >= 0.6 is 24.0 Å². The molecule has 10 heavy (non-hydrogen) atoms. The summed E-state index contributed by atoms with van der Waals surface area (Å²) >= 11 is 6.13. The highest BCUT2D eigenvalue weighted by molar-refractivity contribution is 8.23. The Hall–Kier alpha value is 0.200. The number of thioether (sulfide) groups is 1. The summed E-state index contributed by atoms with van der Waals surface area (Å²) in [6, 6.07) is 0. The molecule has 0 unspecified atom stereocenters. The van der Waals surface area contributed by atoms with Crippen molar-refractivity contribution in [2.45, 2.75) is 26.0 Å². The number of rotatable bonds is 1. The lowest BCUT2D eigenvalue weighted by Gasteiger charge is -1.97. The summed E-state index contributed by atoms with van der Waals surface area (Å²) in [4.78, 5) is 0. The van der Waals surface area contributed by atoms with Crippen LogP contribution in [0.2, 0.25) is 0 Å². The first-order valence-corrected chi connectivity index (χ1v) is 4.40. The summed E-state index contributed by atoms with van der Waals surface area (Å²) in [6.45, 7) is 6.05. The van der Waals surface area contributed by atoms with Crippen LogP contribution in [-0.4, -0.2) is 21.3 Å². The lowest BCUT2D eigenvalue weighted by molar-refractivity contribution is 0.318. The predicted octanol–water partition coefficient (Wildman–Crippen LogP) is 1.37. The molecule has 0 bridgehead atoms. The minimum atomic E-state index is 0.250. The molecule has 0 heterocycles.